The van der Waals surface area contributed by atoms with Gasteiger partial charge in [0.15, 0.2) is 0 Å². The second kappa shape index (κ2) is 25.5. The van der Waals surface area contributed by atoms with E-state index in [1.807, 2.05) is 0 Å². The minimum atomic E-state index is -0.0755. The third-order valence-electron chi connectivity index (χ3n) is 21.9. The lowest BCUT2D eigenvalue weighted by Crippen LogP contribution is -2.29. The topological polar surface area (TPSA) is 32.7 Å². The van der Waals surface area contributed by atoms with Crippen LogP contribution >= 0.6 is 0 Å². The first kappa shape index (κ1) is 67.5. The monoisotopic (exact) mass is 1360 g/mol. The SMILES string of the molecule is CCc1cc2ccccc2n1N(c1ccc(C(C)(C)C)cc1)c1cc(N(c2ccc(C(C)(C)C)cc2)n2c(CC)cc3ccccc32)c2ccc3c(N(c4ccc(C(C)(C)C)cc4)n4c(CC)cc5ccccc54)cc(N(c4ccc(C(C)(C)C)cc4)n4c(CC)cc5ccccc54)c4ccc1c2c43. The first-order valence-electron chi connectivity index (χ1n) is 37.8. The summed E-state index contributed by atoms with van der Waals surface area (Å²) in [5.74, 6) is 0. The lowest BCUT2D eigenvalue weighted by molar-refractivity contribution is 0.590. The molecule has 8 heteroatoms. The number of hydrogen-bond acceptors (Lipinski definition) is 4. The van der Waals surface area contributed by atoms with Gasteiger partial charge in [0.25, 0.3) is 0 Å². The van der Waals surface area contributed by atoms with E-state index in [1.54, 1.807) is 0 Å². The van der Waals surface area contributed by atoms with E-state index in [2.05, 4.69) is 404 Å². The Labute approximate surface area is 614 Å². The Morgan fingerprint density at radius 2 is 0.423 bits per heavy atom. The van der Waals surface area contributed by atoms with Crippen LogP contribution in [0.25, 0.3) is 75.9 Å². The van der Waals surface area contributed by atoms with Gasteiger partial charge in [-0.2, -0.15) is 0 Å². The van der Waals surface area contributed by atoms with Gasteiger partial charge >= 0.3 is 0 Å². The maximum atomic E-state index is 2.56. The molecule has 0 aliphatic heterocycles. The van der Waals surface area contributed by atoms with Gasteiger partial charge in [-0.15, -0.1) is 0 Å². The summed E-state index contributed by atoms with van der Waals surface area (Å²) < 4.78 is 10.1. The molecular formula is C96H98N8. The summed E-state index contributed by atoms with van der Waals surface area (Å²) in [6.45, 7) is 37.0. The van der Waals surface area contributed by atoms with Crippen LogP contribution in [-0.2, 0) is 47.3 Å². The van der Waals surface area contributed by atoms with Crippen molar-refractivity contribution in [1.29, 1.82) is 0 Å². The van der Waals surface area contributed by atoms with Crippen LogP contribution in [-0.4, -0.2) is 18.7 Å². The fraction of sp³-hybridized carbons (Fsp3) is 0.250. The van der Waals surface area contributed by atoms with Crippen LogP contribution in [0.15, 0.2) is 255 Å². The van der Waals surface area contributed by atoms with E-state index in [1.165, 1.54) is 77.3 Å². The van der Waals surface area contributed by atoms with E-state index >= 15 is 0 Å². The van der Waals surface area contributed by atoms with Crippen molar-refractivity contribution in [3.05, 3.63) is 300 Å². The number of benzene rings is 12. The van der Waals surface area contributed by atoms with Gasteiger partial charge < -0.3 is 0 Å². The molecule has 4 heterocycles. The molecule has 4 aromatic heterocycles. The number of fused-ring (bicyclic) bond motifs is 4. The maximum absolute atomic E-state index is 2.56. The fourth-order valence-electron chi connectivity index (χ4n) is 16.2. The average Bonchev–Trinajstić information content (AvgIpc) is 0.890. The Morgan fingerprint density at radius 3 is 0.606 bits per heavy atom. The van der Waals surface area contributed by atoms with E-state index in [0.29, 0.717) is 0 Å². The number of para-hydroxylation sites is 4. The van der Waals surface area contributed by atoms with Crippen molar-refractivity contribution >= 4 is 121 Å². The van der Waals surface area contributed by atoms with Crippen LogP contribution < -0.4 is 20.0 Å². The molecule has 8 nitrogen and oxygen atoms in total. The van der Waals surface area contributed by atoms with Crippen molar-refractivity contribution in [2.45, 2.75) is 158 Å². The lowest BCUT2D eigenvalue weighted by Gasteiger charge is -2.37. The Hall–Kier alpha value is -11.0. The molecule has 0 saturated carbocycles. The highest BCUT2D eigenvalue weighted by Gasteiger charge is 2.34. The molecule has 16 aromatic rings. The molecule has 16 rings (SSSR count). The average molecular weight is 1360 g/mol. The molecule has 0 unspecified atom stereocenters. The summed E-state index contributed by atoms with van der Waals surface area (Å²) in [7, 11) is 0. The van der Waals surface area contributed by atoms with Gasteiger partial charge in [-0.05, 0) is 179 Å². The van der Waals surface area contributed by atoms with Crippen molar-refractivity contribution in [1.82, 2.24) is 18.7 Å². The summed E-state index contributed by atoms with van der Waals surface area (Å²) >= 11 is 0. The summed E-state index contributed by atoms with van der Waals surface area (Å²) in [5.41, 5.74) is 22.7. The fourth-order valence-corrected chi connectivity index (χ4v) is 16.2. The lowest BCUT2D eigenvalue weighted by atomic mass is 9.87. The van der Waals surface area contributed by atoms with Crippen LogP contribution in [0.5, 0.6) is 0 Å². The maximum Gasteiger partial charge on any atom is 0.0737 e. The van der Waals surface area contributed by atoms with E-state index in [4.69, 9.17) is 0 Å². The molecule has 0 atom stereocenters. The highest BCUT2D eigenvalue weighted by molar-refractivity contribution is 6.32. The third-order valence-corrected chi connectivity index (χ3v) is 21.9. The molecular weight excluding hydrogens is 1270 g/mol. The predicted molar refractivity (Wildman–Crippen MR) is 446 cm³/mol. The quantitative estimate of drug-likeness (QED) is 0.0903. The van der Waals surface area contributed by atoms with Gasteiger partial charge in [0, 0.05) is 76.6 Å². The first-order valence-corrected chi connectivity index (χ1v) is 37.8. The van der Waals surface area contributed by atoms with E-state index in [-0.39, 0.29) is 21.7 Å². The van der Waals surface area contributed by atoms with Gasteiger partial charge in [-0.3, -0.25) is 18.7 Å². The zero-order chi connectivity index (χ0) is 72.5. The van der Waals surface area contributed by atoms with Crippen molar-refractivity contribution in [3.8, 4) is 0 Å². The molecule has 104 heavy (non-hydrogen) atoms. The molecule has 12 aromatic carbocycles. The minimum Gasteiger partial charge on any atom is -0.253 e. The number of hydrogen-bond donors (Lipinski definition) is 0. The summed E-state index contributed by atoms with van der Waals surface area (Å²) in [4.78, 5) is 0. The number of aryl methyl sites for hydroxylation is 4. The Morgan fingerprint density at radius 1 is 0.231 bits per heavy atom. The molecule has 0 aliphatic rings. The van der Waals surface area contributed by atoms with Gasteiger partial charge in [0.2, 0.25) is 0 Å². The molecule has 0 spiro atoms. The molecule has 522 valence electrons. The first-order chi connectivity index (χ1) is 49.9. The van der Waals surface area contributed by atoms with Gasteiger partial charge in [-0.25, -0.2) is 20.0 Å². The zero-order valence-corrected chi connectivity index (χ0v) is 63.7. The number of nitrogens with zero attached hydrogens (tertiary/aromatic N) is 8. The van der Waals surface area contributed by atoms with E-state index in [9.17, 15) is 0 Å². The Balaban J connectivity index is 1.15. The third kappa shape index (κ3) is 11.3. The van der Waals surface area contributed by atoms with Crippen molar-refractivity contribution in [3.63, 3.8) is 0 Å². The smallest absolute Gasteiger partial charge is 0.0737 e. The second-order valence-electron chi connectivity index (χ2n) is 32.8. The van der Waals surface area contributed by atoms with Crippen molar-refractivity contribution in [2.24, 2.45) is 0 Å². The van der Waals surface area contributed by atoms with Crippen molar-refractivity contribution < 1.29 is 0 Å². The summed E-state index contributed by atoms with van der Waals surface area (Å²) in [6.07, 6.45) is 3.22. The largest absolute Gasteiger partial charge is 0.253 e. The molecule has 0 aliphatic carbocycles. The predicted octanol–water partition coefficient (Wildman–Crippen LogP) is 26.2. The Kier molecular flexibility index (Phi) is 16.5. The normalized spacial score (nSPS) is 12.6. The van der Waals surface area contributed by atoms with Crippen LogP contribution in [0.2, 0.25) is 0 Å². The van der Waals surface area contributed by atoms with Crippen molar-refractivity contribution in [2.75, 3.05) is 20.0 Å². The molecule has 0 fully saturated rings. The molecule has 0 saturated heterocycles. The Bertz CT molecular complexity index is 5170. The number of aromatic nitrogens is 4. The van der Waals surface area contributed by atoms with Gasteiger partial charge in [0.1, 0.15) is 0 Å². The highest BCUT2D eigenvalue weighted by Crippen LogP contribution is 2.54. The van der Waals surface area contributed by atoms with Gasteiger partial charge in [0.05, 0.1) is 67.6 Å². The second-order valence-corrected chi connectivity index (χ2v) is 32.8. The standard InChI is InChI=1S/C96H98N8/c1-17-71-57-63-29-21-25-33-83(63)97(71)101(75-45-37-67(38-46-75)93(5,6)7)87-61-88(102(76-47-39-68(40-48-76)94(8,9)10)98-72(18-2)58-64-30-22-26-34-84(64)98)80-55-56-82-90(104(78-51-43-70(44-52-78)96(14,15)16)100-74(20-4)60-66-32-24-28-36-86(66)100)62-89(81-54-53-79(87)91(80)92(81)82)103(77-49-41-69(42-50-77)95(11,12)13)99-73(19-3)59-65-31-23-27-35-85(65)99/h21-62H,17-20H2,1-16H3. The van der Waals surface area contributed by atoms with Gasteiger partial charge in [-0.1, -0.05) is 256 Å². The zero-order valence-electron chi connectivity index (χ0n) is 63.7. The van der Waals surface area contributed by atoms with E-state index < -0.39 is 0 Å². The molecule has 0 amide bonds. The van der Waals surface area contributed by atoms with Crippen LogP contribution in [0.4, 0.5) is 45.5 Å². The molecule has 0 radical (unpaired) electrons. The van der Waals surface area contributed by atoms with Crippen LogP contribution in [0, 0.1) is 0 Å². The highest BCUT2D eigenvalue weighted by atomic mass is 15.6. The van der Waals surface area contributed by atoms with E-state index in [0.717, 1.165) is 115 Å². The van der Waals surface area contributed by atoms with Crippen LogP contribution in [0.1, 0.15) is 156 Å². The molecule has 0 N–H and O–H groups in total. The van der Waals surface area contributed by atoms with Crippen LogP contribution in [0.3, 0.4) is 0 Å². The number of rotatable bonds is 16. The minimum absolute atomic E-state index is 0.0755. The summed E-state index contributed by atoms with van der Waals surface area (Å²) in [6, 6.07) is 98.2. The number of anilines is 8. The molecule has 0 bridgehead atoms. The summed E-state index contributed by atoms with van der Waals surface area (Å²) in [5, 5.41) is 21.9.